The Morgan fingerprint density at radius 1 is 1.53 bits per heavy atom. The molecule has 0 saturated carbocycles. The number of hydrogen-bond acceptors (Lipinski definition) is 2. The van der Waals surface area contributed by atoms with Gasteiger partial charge in [0.15, 0.2) is 0 Å². The number of anilines is 1. The summed E-state index contributed by atoms with van der Waals surface area (Å²) in [7, 11) is 0. The molecule has 17 heavy (non-hydrogen) atoms. The summed E-state index contributed by atoms with van der Waals surface area (Å²) in [4.78, 5) is 11.9. The third-order valence-electron chi connectivity index (χ3n) is 3.05. The Hall–Kier alpha value is -1.42. The third kappa shape index (κ3) is 3.03. The van der Waals surface area contributed by atoms with Gasteiger partial charge in [-0.1, -0.05) is 6.07 Å². The summed E-state index contributed by atoms with van der Waals surface area (Å²) in [6.07, 6.45) is 1.86. The molecule has 2 N–H and O–H groups in total. The first kappa shape index (κ1) is 12.0. The summed E-state index contributed by atoms with van der Waals surface area (Å²) >= 11 is 0. The normalized spacial score (nSPS) is 20.0. The summed E-state index contributed by atoms with van der Waals surface area (Å²) < 4.78 is 13.5. The number of piperidine rings is 1. The van der Waals surface area contributed by atoms with Crippen molar-refractivity contribution >= 4 is 11.6 Å². The van der Waals surface area contributed by atoms with Crippen LogP contribution in [0.3, 0.4) is 0 Å². The van der Waals surface area contributed by atoms with Crippen LogP contribution in [0.5, 0.6) is 0 Å². The van der Waals surface area contributed by atoms with Gasteiger partial charge in [-0.3, -0.25) is 4.79 Å². The molecule has 1 aromatic rings. The van der Waals surface area contributed by atoms with Gasteiger partial charge in [-0.05, 0) is 44.0 Å². The second-order valence-electron chi connectivity index (χ2n) is 4.52. The highest BCUT2D eigenvalue weighted by molar-refractivity contribution is 5.92. The zero-order valence-electron chi connectivity index (χ0n) is 9.92. The van der Waals surface area contributed by atoms with Crippen LogP contribution in [0.1, 0.15) is 18.4 Å². The van der Waals surface area contributed by atoms with Gasteiger partial charge >= 0.3 is 0 Å². The van der Waals surface area contributed by atoms with Crippen LogP contribution >= 0.6 is 0 Å². The van der Waals surface area contributed by atoms with E-state index in [0.717, 1.165) is 24.9 Å². The molecule has 0 spiro atoms. The number of hydrogen-bond donors (Lipinski definition) is 2. The van der Waals surface area contributed by atoms with Gasteiger partial charge in [0.05, 0.1) is 11.6 Å². The lowest BCUT2D eigenvalue weighted by Crippen LogP contribution is -2.37. The van der Waals surface area contributed by atoms with E-state index in [0.29, 0.717) is 6.54 Å². The standard InChI is InChI=1S/C13H17FN2O/c1-9-4-5-11(14)12(7-9)16-13(17)10-3-2-6-15-8-10/h4-5,7,10,15H,2-3,6,8H2,1H3,(H,16,17)/t10-/m0/s1. The first-order chi connectivity index (χ1) is 8.16. The lowest BCUT2D eigenvalue weighted by Gasteiger charge is -2.22. The number of nitrogens with one attached hydrogen (secondary N) is 2. The predicted molar refractivity (Wildman–Crippen MR) is 65.4 cm³/mol. The van der Waals surface area contributed by atoms with E-state index in [2.05, 4.69) is 10.6 Å². The third-order valence-corrected chi connectivity index (χ3v) is 3.05. The number of amides is 1. The number of carbonyl (C=O) groups is 1. The van der Waals surface area contributed by atoms with Crippen molar-refractivity contribution in [2.45, 2.75) is 19.8 Å². The number of halogens is 1. The van der Waals surface area contributed by atoms with Crippen LogP contribution in [0, 0.1) is 18.7 Å². The van der Waals surface area contributed by atoms with Gasteiger partial charge in [0.1, 0.15) is 5.82 Å². The van der Waals surface area contributed by atoms with Gasteiger partial charge in [-0.25, -0.2) is 4.39 Å². The fraction of sp³-hybridized carbons (Fsp3) is 0.462. The van der Waals surface area contributed by atoms with Crippen molar-refractivity contribution in [1.29, 1.82) is 0 Å². The van der Waals surface area contributed by atoms with E-state index in [4.69, 9.17) is 0 Å². The van der Waals surface area contributed by atoms with Crippen LogP contribution in [0.25, 0.3) is 0 Å². The van der Waals surface area contributed by atoms with Crippen molar-refractivity contribution in [3.63, 3.8) is 0 Å². The maximum Gasteiger partial charge on any atom is 0.228 e. The molecule has 0 aromatic heterocycles. The van der Waals surface area contributed by atoms with E-state index in [1.807, 2.05) is 6.92 Å². The Morgan fingerprint density at radius 3 is 3.06 bits per heavy atom. The van der Waals surface area contributed by atoms with E-state index < -0.39 is 0 Å². The van der Waals surface area contributed by atoms with Crippen LogP contribution in [-0.4, -0.2) is 19.0 Å². The van der Waals surface area contributed by atoms with Gasteiger partial charge < -0.3 is 10.6 Å². The molecule has 92 valence electrons. The van der Waals surface area contributed by atoms with Crippen molar-refractivity contribution in [3.05, 3.63) is 29.6 Å². The average Bonchev–Trinajstić information content (AvgIpc) is 2.35. The van der Waals surface area contributed by atoms with E-state index in [1.54, 1.807) is 12.1 Å². The van der Waals surface area contributed by atoms with Crippen molar-refractivity contribution in [1.82, 2.24) is 5.32 Å². The fourth-order valence-corrected chi connectivity index (χ4v) is 2.05. The maximum atomic E-state index is 13.5. The second-order valence-corrected chi connectivity index (χ2v) is 4.52. The Balaban J connectivity index is 2.04. The first-order valence-corrected chi connectivity index (χ1v) is 5.94. The average molecular weight is 236 g/mol. The molecule has 1 aliphatic rings. The molecule has 0 bridgehead atoms. The van der Waals surface area contributed by atoms with Crippen molar-refractivity contribution in [3.8, 4) is 0 Å². The van der Waals surface area contributed by atoms with Crippen molar-refractivity contribution in [2.24, 2.45) is 5.92 Å². The van der Waals surface area contributed by atoms with E-state index >= 15 is 0 Å². The predicted octanol–water partition coefficient (Wildman–Crippen LogP) is 2.07. The Bertz CT molecular complexity index is 414. The molecule has 1 aliphatic heterocycles. The highest BCUT2D eigenvalue weighted by Crippen LogP contribution is 2.18. The zero-order valence-corrected chi connectivity index (χ0v) is 9.92. The second kappa shape index (κ2) is 5.27. The number of rotatable bonds is 2. The van der Waals surface area contributed by atoms with Gasteiger partial charge in [0, 0.05) is 6.54 Å². The monoisotopic (exact) mass is 236 g/mol. The molecule has 2 rings (SSSR count). The smallest absolute Gasteiger partial charge is 0.228 e. The van der Waals surface area contributed by atoms with Crippen LogP contribution in [0.2, 0.25) is 0 Å². The van der Waals surface area contributed by atoms with Crippen molar-refractivity contribution in [2.75, 3.05) is 18.4 Å². The summed E-state index contributed by atoms with van der Waals surface area (Å²) in [5.74, 6) is -0.530. The summed E-state index contributed by atoms with van der Waals surface area (Å²) in [6, 6.07) is 4.72. The molecule has 1 heterocycles. The van der Waals surface area contributed by atoms with E-state index in [-0.39, 0.29) is 23.3 Å². The van der Waals surface area contributed by atoms with Crippen LogP contribution in [0.15, 0.2) is 18.2 Å². The maximum absolute atomic E-state index is 13.5. The van der Waals surface area contributed by atoms with Gasteiger partial charge in [-0.2, -0.15) is 0 Å². The summed E-state index contributed by atoms with van der Waals surface area (Å²) in [5.41, 5.74) is 1.21. The number of carbonyl (C=O) groups excluding carboxylic acids is 1. The van der Waals surface area contributed by atoms with Gasteiger partial charge in [0.2, 0.25) is 5.91 Å². The quantitative estimate of drug-likeness (QED) is 0.825. The molecule has 1 amide bonds. The molecule has 0 unspecified atom stereocenters. The largest absolute Gasteiger partial charge is 0.323 e. The highest BCUT2D eigenvalue weighted by atomic mass is 19.1. The zero-order chi connectivity index (χ0) is 12.3. The minimum absolute atomic E-state index is 0.0522. The summed E-state index contributed by atoms with van der Waals surface area (Å²) in [6.45, 7) is 3.51. The minimum Gasteiger partial charge on any atom is -0.323 e. The highest BCUT2D eigenvalue weighted by Gasteiger charge is 2.21. The van der Waals surface area contributed by atoms with E-state index in [1.165, 1.54) is 6.07 Å². The Kier molecular flexibility index (Phi) is 3.74. The lowest BCUT2D eigenvalue weighted by atomic mass is 9.98. The molecule has 4 heteroatoms. The molecule has 1 atom stereocenters. The molecule has 1 fully saturated rings. The molecule has 0 aliphatic carbocycles. The molecule has 1 saturated heterocycles. The van der Waals surface area contributed by atoms with E-state index in [9.17, 15) is 9.18 Å². The van der Waals surface area contributed by atoms with Crippen molar-refractivity contribution < 1.29 is 9.18 Å². The molecule has 0 radical (unpaired) electrons. The Labute approximate surface area is 100 Å². The molecular formula is C13H17FN2O. The SMILES string of the molecule is Cc1ccc(F)c(NC(=O)[C@H]2CCCNC2)c1. The van der Waals surface area contributed by atoms with Crippen LogP contribution in [0.4, 0.5) is 10.1 Å². The fourth-order valence-electron chi connectivity index (χ4n) is 2.05. The Morgan fingerprint density at radius 2 is 2.35 bits per heavy atom. The first-order valence-electron chi connectivity index (χ1n) is 5.94. The topological polar surface area (TPSA) is 41.1 Å². The number of aryl methyl sites for hydroxylation is 1. The van der Waals surface area contributed by atoms with Gasteiger partial charge in [-0.15, -0.1) is 0 Å². The van der Waals surface area contributed by atoms with Gasteiger partial charge in [0.25, 0.3) is 0 Å². The molecule has 3 nitrogen and oxygen atoms in total. The number of benzene rings is 1. The lowest BCUT2D eigenvalue weighted by molar-refractivity contribution is -0.120. The minimum atomic E-state index is -0.382. The molecule has 1 aromatic carbocycles. The van der Waals surface area contributed by atoms with Crippen LogP contribution in [-0.2, 0) is 4.79 Å². The molecular weight excluding hydrogens is 219 g/mol. The van der Waals surface area contributed by atoms with Crippen LogP contribution < -0.4 is 10.6 Å². The summed E-state index contributed by atoms with van der Waals surface area (Å²) in [5, 5.41) is 5.84.